The summed E-state index contributed by atoms with van der Waals surface area (Å²) < 4.78 is 0.950. The monoisotopic (exact) mass is 324 g/mol. The summed E-state index contributed by atoms with van der Waals surface area (Å²) in [6, 6.07) is 12.1. The van der Waals surface area contributed by atoms with Gasteiger partial charge in [0.1, 0.15) is 0 Å². The predicted octanol–water partition coefficient (Wildman–Crippen LogP) is 3.94. The second kappa shape index (κ2) is 5.42. The van der Waals surface area contributed by atoms with E-state index in [-0.39, 0.29) is 5.91 Å². The number of rotatable bonds is 2. The lowest BCUT2D eigenvalue weighted by molar-refractivity contribution is 0.102. The van der Waals surface area contributed by atoms with Crippen molar-refractivity contribution in [2.75, 3.05) is 11.1 Å². The number of hydrogen-bond acceptors (Lipinski definition) is 2. The molecule has 0 spiro atoms. The maximum Gasteiger partial charge on any atom is 0.257 e. The molecule has 0 saturated heterocycles. The van der Waals surface area contributed by atoms with Crippen molar-refractivity contribution >= 4 is 44.8 Å². The first-order valence-corrected chi connectivity index (χ1v) is 6.35. The highest BCUT2D eigenvalue weighted by Crippen LogP contribution is 2.21. The third-order valence-electron chi connectivity index (χ3n) is 2.34. The molecule has 5 heteroatoms. The molecule has 0 atom stereocenters. The van der Waals surface area contributed by atoms with E-state index in [4.69, 9.17) is 17.3 Å². The van der Waals surface area contributed by atoms with Crippen LogP contribution in [0, 0.1) is 0 Å². The van der Waals surface area contributed by atoms with Gasteiger partial charge in [0.15, 0.2) is 0 Å². The minimum Gasteiger partial charge on any atom is -0.399 e. The first-order chi connectivity index (χ1) is 8.56. The van der Waals surface area contributed by atoms with Crippen molar-refractivity contribution in [3.05, 3.63) is 57.5 Å². The zero-order valence-electron chi connectivity index (χ0n) is 9.28. The highest BCUT2D eigenvalue weighted by atomic mass is 79.9. The van der Waals surface area contributed by atoms with Gasteiger partial charge in [-0.15, -0.1) is 0 Å². The fourth-order valence-corrected chi connectivity index (χ4v) is 1.99. The summed E-state index contributed by atoms with van der Waals surface area (Å²) in [5, 5.41) is 3.10. The van der Waals surface area contributed by atoms with Gasteiger partial charge in [0, 0.05) is 15.8 Å². The molecule has 0 saturated carbocycles. The predicted molar refractivity (Wildman–Crippen MR) is 78.0 cm³/mol. The van der Waals surface area contributed by atoms with Crippen LogP contribution in [-0.4, -0.2) is 5.91 Å². The molecular weight excluding hydrogens is 316 g/mol. The highest BCUT2D eigenvalue weighted by Gasteiger charge is 2.10. The molecule has 0 aliphatic rings. The van der Waals surface area contributed by atoms with Crippen LogP contribution in [-0.2, 0) is 0 Å². The lowest BCUT2D eigenvalue weighted by atomic mass is 10.2. The van der Waals surface area contributed by atoms with Crippen LogP contribution >= 0.6 is 27.5 Å². The maximum atomic E-state index is 12.0. The van der Waals surface area contributed by atoms with E-state index in [0.29, 0.717) is 22.0 Å². The molecule has 0 heterocycles. The molecule has 2 aromatic carbocycles. The fourth-order valence-electron chi connectivity index (χ4n) is 1.45. The summed E-state index contributed by atoms with van der Waals surface area (Å²) in [6.07, 6.45) is 0. The fraction of sp³-hybridized carbons (Fsp3) is 0. The van der Waals surface area contributed by atoms with Gasteiger partial charge >= 0.3 is 0 Å². The van der Waals surface area contributed by atoms with E-state index in [2.05, 4.69) is 21.2 Å². The van der Waals surface area contributed by atoms with Crippen molar-refractivity contribution in [1.82, 2.24) is 0 Å². The first kappa shape index (κ1) is 12.9. The van der Waals surface area contributed by atoms with Gasteiger partial charge in [-0.3, -0.25) is 4.79 Å². The number of carbonyl (C=O) groups excluding carboxylic acids is 1. The summed E-state index contributed by atoms with van der Waals surface area (Å²) >= 11 is 9.30. The van der Waals surface area contributed by atoms with E-state index in [1.165, 1.54) is 0 Å². The zero-order valence-corrected chi connectivity index (χ0v) is 11.6. The van der Waals surface area contributed by atoms with Crippen LogP contribution in [0.1, 0.15) is 10.4 Å². The summed E-state index contributed by atoms with van der Waals surface area (Å²) in [4.78, 5) is 12.0. The van der Waals surface area contributed by atoms with Gasteiger partial charge in [0.25, 0.3) is 5.91 Å². The van der Waals surface area contributed by atoms with E-state index in [9.17, 15) is 4.79 Å². The Balaban J connectivity index is 2.19. The summed E-state index contributed by atoms with van der Waals surface area (Å²) in [5.41, 5.74) is 7.21. The summed E-state index contributed by atoms with van der Waals surface area (Å²) in [5.74, 6) is -0.262. The van der Waals surface area contributed by atoms with E-state index >= 15 is 0 Å². The molecule has 2 rings (SSSR count). The molecule has 0 fully saturated rings. The third kappa shape index (κ3) is 3.03. The number of anilines is 2. The van der Waals surface area contributed by atoms with Gasteiger partial charge in [-0.25, -0.2) is 0 Å². The third-order valence-corrected chi connectivity index (χ3v) is 3.18. The molecule has 0 aromatic heterocycles. The first-order valence-electron chi connectivity index (χ1n) is 5.18. The number of nitrogens with two attached hydrogens (primary N) is 1. The van der Waals surface area contributed by atoms with Gasteiger partial charge in [0.05, 0.1) is 10.6 Å². The molecule has 1 amide bonds. The van der Waals surface area contributed by atoms with Gasteiger partial charge in [-0.1, -0.05) is 27.5 Å². The summed E-state index contributed by atoms with van der Waals surface area (Å²) in [6.45, 7) is 0. The average Bonchev–Trinajstić information content (AvgIpc) is 2.32. The molecule has 0 aliphatic heterocycles. The number of hydrogen-bond donors (Lipinski definition) is 2. The van der Waals surface area contributed by atoms with Crippen LogP contribution in [0.5, 0.6) is 0 Å². The Kier molecular flexibility index (Phi) is 3.89. The molecule has 0 bridgehead atoms. The van der Waals surface area contributed by atoms with E-state index in [1.807, 2.05) is 12.1 Å². The number of amides is 1. The lowest BCUT2D eigenvalue weighted by Gasteiger charge is -2.07. The van der Waals surface area contributed by atoms with Crippen LogP contribution in [0.25, 0.3) is 0 Å². The smallest absolute Gasteiger partial charge is 0.257 e. The molecule has 3 nitrogen and oxygen atoms in total. The van der Waals surface area contributed by atoms with E-state index in [0.717, 1.165) is 4.47 Å². The quantitative estimate of drug-likeness (QED) is 0.822. The standard InChI is InChI=1S/C13H10BrClN2O/c14-8-1-4-10(5-2-8)17-13(18)11-6-3-9(16)7-12(11)15/h1-7H,16H2,(H,17,18). The number of nitrogen functional groups attached to an aromatic ring is 1. The largest absolute Gasteiger partial charge is 0.399 e. The van der Waals surface area contributed by atoms with Crippen molar-refractivity contribution in [2.45, 2.75) is 0 Å². The van der Waals surface area contributed by atoms with Crippen molar-refractivity contribution in [2.24, 2.45) is 0 Å². The number of benzene rings is 2. The Morgan fingerprint density at radius 1 is 1.17 bits per heavy atom. The van der Waals surface area contributed by atoms with Crippen LogP contribution in [0.2, 0.25) is 5.02 Å². The average molecular weight is 326 g/mol. The number of carbonyl (C=O) groups is 1. The van der Waals surface area contributed by atoms with Gasteiger partial charge in [0.2, 0.25) is 0 Å². The molecule has 92 valence electrons. The number of nitrogens with one attached hydrogen (secondary N) is 1. The van der Waals surface area contributed by atoms with Crippen molar-refractivity contribution in [1.29, 1.82) is 0 Å². The molecule has 3 N–H and O–H groups in total. The maximum absolute atomic E-state index is 12.0. The van der Waals surface area contributed by atoms with Crippen LogP contribution in [0.3, 0.4) is 0 Å². The Hall–Kier alpha value is -1.52. The second-order valence-corrected chi connectivity index (χ2v) is 5.02. The topological polar surface area (TPSA) is 55.1 Å². The molecule has 0 aliphatic carbocycles. The lowest BCUT2D eigenvalue weighted by Crippen LogP contribution is -2.12. The molecule has 18 heavy (non-hydrogen) atoms. The van der Waals surface area contributed by atoms with E-state index < -0.39 is 0 Å². The normalized spacial score (nSPS) is 10.1. The van der Waals surface area contributed by atoms with Gasteiger partial charge < -0.3 is 11.1 Å². The molecular formula is C13H10BrClN2O. The summed E-state index contributed by atoms with van der Waals surface area (Å²) in [7, 11) is 0. The Morgan fingerprint density at radius 3 is 2.44 bits per heavy atom. The zero-order chi connectivity index (χ0) is 13.1. The van der Waals surface area contributed by atoms with Crippen molar-refractivity contribution < 1.29 is 4.79 Å². The van der Waals surface area contributed by atoms with Gasteiger partial charge in [-0.05, 0) is 42.5 Å². The van der Waals surface area contributed by atoms with Crippen molar-refractivity contribution in [3.63, 3.8) is 0 Å². The highest BCUT2D eigenvalue weighted by molar-refractivity contribution is 9.10. The Morgan fingerprint density at radius 2 is 1.83 bits per heavy atom. The number of halogens is 2. The molecule has 2 aromatic rings. The Labute approximate surface area is 118 Å². The van der Waals surface area contributed by atoms with Crippen LogP contribution in [0.15, 0.2) is 46.9 Å². The molecule has 0 unspecified atom stereocenters. The van der Waals surface area contributed by atoms with Crippen LogP contribution in [0.4, 0.5) is 11.4 Å². The Bertz CT molecular complexity index is 584. The SMILES string of the molecule is Nc1ccc(C(=O)Nc2ccc(Br)cc2)c(Cl)c1. The van der Waals surface area contributed by atoms with Gasteiger partial charge in [-0.2, -0.15) is 0 Å². The van der Waals surface area contributed by atoms with Crippen LogP contribution < -0.4 is 11.1 Å². The second-order valence-electron chi connectivity index (χ2n) is 3.70. The molecule has 0 radical (unpaired) electrons. The minimum atomic E-state index is -0.262. The van der Waals surface area contributed by atoms with E-state index in [1.54, 1.807) is 30.3 Å². The van der Waals surface area contributed by atoms with Crippen molar-refractivity contribution in [3.8, 4) is 0 Å². The minimum absolute atomic E-state index is 0.262.